The molecule has 186 valence electrons. The molecule has 0 bridgehead atoms. The van der Waals surface area contributed by atoms with Crippen molar-refractivity contribution < 1.29 is 37.7 Å². The van der Waals surface area contributed by atoms with Gasteiger partial charge in [0.25, 0.3) is 5.79 Å². The van der Waals surface area contributed by atoms with E-state index in [-0.39, 0.29) is 23.3 Å². The second-order valence-electron chi connectivity index (χ2n) is 8.59. The molecule has 0 unspecified atom stereocenters. The van der Waals surface area contributed by atoms with Gasteiger partial charge in [0.2, 0.25) is 0 Å². The highest BCUT2D eigenvalue weighted by molar-refractivity contribution is 6.16. The van der Waals surface area contributed by atoms with Crippen molar-refractivity contribution >= 4 is 23.6 Å². The molecule has 2 aromatic rings. The summed E-state index contributed by atoms with van der Waals surface area (Å²) in [6.45, 7) is 3.79. The van der Waals surface area contributed by atoms with Crippen LogP contribution in [0.3, 0.4) is 0 Å². The molecule has 2 aliphatic rings. The average Bonchev–Trinajstić information content (AvgIpc) is 3.36. The quantitative estimate of drug-likeness (QED) is 0.368. The maximum atomic E-state index is 12.9. The van der Waals surface area contributed by atoms with Crippen LogP contribution in [0, 0.1) is 5.92 Å². The minimum atomic E-state index is -1.37. The number of carbonyl (C=O) groups is 3. The van der Waals surface area contributed by atoms with Crippen molar-refractivity contribution in [1.29, 1.82) is 0 Å². The lowest BCUT2D eigenvalue weighted by molar-refractivity contribution is -0.222. The van der Waals surface area contributed by atoms with Crippen LogP contribution in [-0.2, 0) is 28.6 Å². The molecule has 2 saturated heterocycles. The Balaban J connectivity index is 1.69. The fraction of sp³-hybridized carbons (Fsp3) is 0.417. The largest absolute Gasteiger partial charge is 0.496 e. The van der Waals surface area contributed by atoms with Crippen molar-refractivity contribution in [3.05, 3.63) is 42.2 Å². The highest BCUT2D eigenvalue weighted by Crippen LogP contribution is 2.34. The summed E-state index contributed by atoms with van der Waals surface area (Å²) in [7, 11) is 2.88. The van der Waals surface area contributed by atoms with Gasteiger partial charge in [0.15, 0.2) is 17.7 Å². The van der Waals surface area contributed by atoms with Crippen LogP contribution in [0.2, 0.25) is 0 Å². The van der Waals surface area contributed by atoms with Gasteiger partial charge in [-0.2, -0.15) is 0 Å². The standard InChI is InChI=1S/C24H27N3O8/c1-24(2)34-22(29)19(23(30)35-24)20(27-9-7-14(8-10-27)21(28)32-4)26-15-5-6-16(17(11-15)31-3)18-12-25-13-33-18/h5-6,11-14,26H,7-10H2,1-4H3. The zero-order valence-corrected chi connectivity index (χ0v) is 20.0. The Morgan fingerprint density at radius 2 is 1.83 bits per heavy atom. The van der Waals surface area contributed by atoms with Gasteiger partial charge in [0, 0.05) is 38.7 Å². The fourth-order valence-electron chi connectivity index (χ4n) is 4.11. The zero-order valence-electron chi connectivity index (χ0n) is 20.0. The van der Waals surface area contributed by atoms with Crippen LogP contribution >= 0.6 is 0 Å². The summed E-state index contributed by atoms with van der Waals surface area (Å²) >= 11 is 0. The van der Waals surface area contributed by atoms with Crippen LogP contribution in [0.1, 0.15) is 26.7 Å². The van der Waals surface area contributed by atoms with Crippen LogP contribution in [0.4, 0.5) is 5.69 Å². The molecule has 2 fully saturated rings. The van der Waals surface area contributed by atoms with Gasteiger partial charge in [-0.25, -0.2) is 14.6 Å². The van der Waals surface area contributed by atoms with Crippen LogP contribution < -0.4 is 10.1 Å². The van der Waals surface area contributed by atoms with E-state index < -0.39 is 17.7 Å². The molecular weight excluding hydrogens is 458 g/mol. The van der Waals surface area contributed by atoms with E-state index in [1.54, 1.807) is 24.4 Å². The van der Waals surface area contributed by atoms with Crippen molar-refractivity contribution in [1.82, 2.24) is 9.88 Å². The van der Waals surface area contributed by atoms with Crippen LogP contribution in [0.25, 0.3) is 11.3 Å². The summed E-state index contributed by atoms with van der Waals surface area (Å²) in [5.41, 5.74) is 0.981. The van der Waals surface area contributed by atoms with E-state index in [1.807, 2.05) is 4.90 Å². The lowest BCUT2D eigenvalue weighted by atomic mass is 9.96. The molecule has 0 saturated carbocycles. The van der Waals surface area contributed by atoms with Crippen LogP contribution in [0.5, 0.6) is 5.75 Å². The summed E-state index contributed by atoms with van der Waals surface area (Å²) in [5, 5.41) is 3.17. The molecule has 35 heavy (non-hydrogen) atoms. The summed E-state index contributed by atoms with van der Waals surface area (Å²) in [4.78, 5) is 43.5. The molecule has 3 heterocycles. The van der Waals surface area contributed by atoms with Gasteiger partial charge in [0.05, 0.1) is 31.9 Å². The van der Waals surface area contributed by atoms with E-state index in [1.165, 1.54) is 34.5 Å². The number of carbonyl (C=O) groups excluding carboxylic acids is 3. The van der Waals surface area contributed by atoms with Gasteiger partial charge in [-0.05, 0) is 25.0 Å². The van der Waals surface area contributed by atoms with Crippen LogP contribution in [0.15, 0.2) is 46.6 Å². The summed E-state index contributed by atoms with van der Waals surface area (Å²) in [6.07, 6.45) is 3.88. The van der Waals surface area contributed by atoms with Crippen LogP contribution in [-0.4, -0.2) is 60.9 Å². The van der Waals surface area contributed by atoms with Crippen molar-refractivity contribution in [2.45, 2.75) is 32.5 Å². The number of likely N-dealkylation sites (tertiary alicyclic amines) is 1. The lowest BCUT2D eigenvalue weighted by Gasteiger charge is -2.37. The normalized spacial score (nSPS) is 17.9. The Kier molecular flexibility index (Phi) is 6.68. The molecule has 11 nitrogen and oxygen atoms in total. The first-order valence-corrected chi connectivity index (χ1v) is 11.1. The number of anilines is 1. The Labute approximate surface area is 202 Å². The predicted molar refractivity (Wildman–Crippen MR) is 122 cm³/mol. The molecule has 0 aliphatic carbocycles. The first kappa shape index (κ1) is 24.1. The number of nitrogens with zero attached hydrogens (tertiary/aromatic N) is 2. The van der Waals surface area contributed by atoms with Crippen molar-refractivity contribution in [3.63, 3.8) is 0 Å². The number of rotatable bonds is 6. The van der Waals surface area contributed by atoms with E-state index in [4.69, 9.17) is 23.4 Å². The predicted octanol–water partition coefficient (Wildman–Crippen LogP) is 2.69. The van der Waals surface area contributed by atoms with Gasteiger partial charge in [0.1, 0.15) is 11.6 Å². The highest BCUT2D eigenvalue weighted by Gasteiger charge is 2.42. The summed E-state index contributed by atoms with van der Waals surface area (Å²) < 4.78 is 26.4. The molecule has 0 spiro atoms. The SMILES string of the molecule is COC(=O)C1CCN(C(Nc2ccc(-c3cnco3)c(OC)c2)=C2C(=O)OC(C)(C)OC2=O)CC1. The number of methoxy groups -OCH3 is 2. The van der Waals surface area contributed by atoms with E-state index in [2.05, 4.69) is 10.3 Å². The number of hydrogen-bond acceptors (Lipinski definition) is 11. The van der Waals surface area contributed by atoms with Gasteiger partial charge in [-0.15, -0.1) is 0 Å². The first-order chi connectivity index (χ1) is 16.7. The second kappa shape index (κ2) is 9.69. The van der Waals surface area contributed by atoms with E-state index in [0.717, 1.165) is 0 Å². The highest BCUT2D eigenvalue weighted by atomic mass is 16.7. The van der Waals surface area contributed by atoms with E-state index in [0.29, 0.717) is 48.7 Å². The van der Waals surface area contributed by atoms with Gasteiger partial charge in [-0.1, -0.05) is 0 Å². The minimum Gasteiger partial charge on any atom is -0.496 e. The van der Waals surface area contributed by atoms with Crippen molar-refractivity contribution in [2.24, 2.45) is 5.92 Å². The third-order valence-corrected chi connectivity index (χ3v) is 5.83. The van der Waals surface area contributed by atoms with Gasteiger partial charge >= 0.3 is 17.9 Å². The summed E-state index contributed by atoms with van der Waals surface area (Å²) in [5.74, 6) is -2.25. The molecule has 0 atom stereocenters. The maximum Gasteiger partial charge on any atom is 0.352 e. The Bertz CT molecular complexity index is 1130. The van der Waals surface area contributed by atoms with Crippen molar-refractivity contribution in [2.75, 3.05) is 32.6 Å². The molecule has 2 aliphatic heterocycles. The fourth-order valence-corrected chi connectivity index (χ4v) is 4.11. The molecule has 0 amide bonds. The number of benzene rings is 1. The third kappa shape index (κ3) is 5.08. The topological polar surface area (TPSA) is 129 Å². The second-order valence-corrected chi connectivity index (χ2v) is 8.59. The monoisotopic (exact) mass is 485 g/mol. The molecule has 4 rings (SSSR count). The smallest absolute Gasteiger partial charge is 0.352 e. The Morgan fingerprint density at radius 3 is 2.40 bits per heavy atom. The number of esters is 3. The minimum absolute atomic E-state index is 0.230. The molecule has 1 aromatic carbocycles. The molecule has 11 heteroatoms. The number of oxazole rings is 1. The maximum absolute atomic E-state index is 12.9. The summed E-state index contributed by atoms with van der Waals surface area (Å²) in [6, 6.07) is 5.24. The van der Waals surface area contributed by atoms with E-state index >= 15 is 0 Å². The van der Waals surface area contributed by atoms with Gasteiger partial charge < -0.3 is 33.6 Å². The number of piperidine rings is 1. The zero-order chi connectivity index (χ0) is 25.2. The molecule has 1 N–H and O–H groups in total. The average molecular weight is 485 g/mol. The molecule has 1 aromatic heterocycles. The van der Waals surface area contributed by atoms with Gasteiger partial charge in [-0.3, -0.25) is 4.79 Å². The Morgan fingerprint density at radius 1 is 1.14 bits per heavy atom. The number of nitrogens with one attached hydrogen (secondary N) is 1. The Hall–Kier alpha value is -4.02. The van der Waals surface area contributed by atoms with E-state index in [9.17, 15) is 14.4 Å². The number of ether oxygens (including phenoxy) is 4. The van der Waals surface area contributed by atoms with Crippen molar-refractivity contribution in [3.8, 4) is 17.1 Å². The molecule has 0 radical (unpaired) electrons. The number of cyclic esters (lactones) is 2. The number of hydrogen-bond donors (Lipinski definition) is 1. The third-order valence-electron chi connectivity index (χ3n) is 5.83. The number of aromatic nitrogens is 1. The lowest BCUT2D eigenvalue weighted by Crippen LogP contribution is -2.46. The molecular formula is C24H27N3O8. The first-order valence-electron chi connectivity index (χ1n) is 11.1.